The SMILES string of the molecule is CCN(c1ccc(F)cc1)c1ccc(CN)cc1C#N. The van der Waals surface area contributed by atoms with E-state index in [1.54, 1.807) is 18.2 Å². The molecular formula is C16H16FN3. The first-order valence-electron chi connectivity index (χ1n) is 6.45. The summed E-state index contributed by atoms with van der Waals surface area (Å²) in [5.74, 6) is -0.274. The van der Waals surface area contributed by atoms with Crippen LogP contribution in [0.15, 0.2) is 42.5 Å². The lowest BCUT2D eigenvalue weighted by molar-refractivity contribution is 0.628. The Hall–Kier alpha value is -2.38. The minimum Gasteiger partial charge on any atom is -0.341 e. The third kappa shape index (κ3) is 2.79. The zero-order chi connectivity index (χ0) is 14.5. The Morgan fingerprint density at radius 1 is 1.20 bits per heavy atom. The second-order valence-corrected chi connectivity index (χ2v) is 4.39. The van der Waals surface area contributed by atoms with Crippen molar-refractivity contribution in [1.29, 1.82) is 5.26 Å². The van der Waals surface area contributed by atoms with Crippen molar-refractivity contribution in [3.63, 3.8) is 0 Å². The summed E-state index contributed by atoms with van der Waals surface area (Å²) < 4.78 is 13.0. The van der Waals surface area contributed by atoms with Gasteiger partial charge in [-0.05, 0) is 48.9 Å². The zero-order valence-corrected chi connectivity index (χ0v) is 11.3. The lowest BCUT2D eigenvalue weighted by atomic mass is 10.1. The van der Waals surface area contributed by atoms with Crippen LogP contribution in [-0.2, 0) is 6.54 Å². The summed E-state index contributed by atoms with van der Waals surface area (Å²) in [5.41, 5.74) is 8.74. The molecule has 0 radical (unpaired) electrons. The average molecular weight is 269 g/mol. The Balaban J connectivity index is 2.47. The van der Waals surface area contributed by atoms with Crippen molar-refractivity contribution in [2.75, 3.05) is 11.4 Å². The third-order valence-corrected chi connectivity index (χ3v) is 3.16. The number of halogens is 1. The van der Waals surface area contributed by atoms with Gasteiger partial charge in [-0.25, -0.2) is 4.39 Å². The lowest BCUT2D eigenvalue weighted by Gasteiger charge is -2.24. The highest BCUT2D eigenvalue weighted by Crippen LogP contribution is 2.29. The van der Waals surface area contributed by atoms with E-state index in [1.807, 2.05) is 24.0 Å². The van der Waals surface area contributed by atoms with E-state index in [0.29, 0.717) is 18.7 Å². The fourth-order valence-corrected chi connectivity index (χ4v) is 2.15. The Labute approximate surface area is 118 Å². The minimum atomic E-state index is -0.274. The number of nitrogens with zero attached hydrogens (tertiary/aromatic N) is 2. The number of hydrogen-bond donors (Lipinski definition) is 1. The molecular weight excluding hydrogens is 253 g/mol. The molecule has 2 aromatic carbocycles. The second-order valence-electron chi connectivity index (χ2n) is 4.39. The van der Waals surface area contributed by atoms with Crippen LogP contribution < -0.4 is 10.6 Å². The molecule has 3 nitrogen and oxygen atoms in total. The Morgan fingerprint density at radius 2 is 1.90 bits per heavy atom. The highest BCUT2D eigenvalue weighted by molar-refractivity contribution is 5.69. The smallest absolute Gasteiger partial charge is 0.123 e. The van der Waals surface area contributed by atoms with E-state index in [9.17, 15) is 9.65 Å². The lowest BCUT2D eigenvalue weighted by Crippen LogP contribution is -2.17. The van der Waals surface area contributed by atoms with Crippen LogP contribution >= 0.6 is 0 Å². The number of nitriles is 1. The van der Waals surface area contributed by atoms with Crippen molar-refractivity contribution >= 4 is 11.4 Å². The van der Waals surface area contributed by atoms with Crippen LogP contribution in [0.25, 0.3) is 0 Å². The number of benzene rings is 2. The largest absolute Gasteiger partial charge is 0.341 e. The molecule has 0 aliphatic rings. The van der Waals surface area contributed by atoms with Gasteiger partial charge in [0.25, 0.3) is 0 Å². The molecule has 0 heterocycles. The van der Waals surface area contributed by atoms with Crippen molar-refractivity contribution < 1.29 is 4.39 Å². The molecule has 0 aromatic heterocycles. The van der Waals surface area contributed by atoms with Gasteiger partial charge in [-0.3, -0.25) is 0 Å². The maximum Gasteiger partial charge on any atom is 0.123 e. The van der Waals surface area contributed by atoms with E-state index in [4.69, 9.17) is 5.73 Å². The molecule has 0 saturated heterocycles. The van der Waals surface area contributed by atoms with Gasteiger partial charge >= 0.3 is 0 Å². The van der Waals surface area contributed by atoms with Gasteiger partial charge in [-0.1, -0.05) is 6.07 Å². The Kier molecular flexibility index (Phi) is 4.34. The van der Waals surface area contributed by atoms with Gasteiger partial charge in [0.2, 0.25) is 0 Å². The third-order valence-electron chi connectivity index (χ3n) is 3.16. The van der Waals surface area contributed by atoms with Crippen molar-refractivity contribution in [3.05, 3.63) is 59.4 Å². The van der Waals surface area contributed by atoms with Crippen LogP contribution in [0.3, 0.4) is 0 Å². The summed E-state index contributed by atoms with van der Waals surface area (Å²) in [4.78, 5) is 1.97. The van der Waals surface area contributed by atoms with E-state index in [2.05, 4.69) is 6.07 Å². The van der Waals surface area contributed by atoms with Crippen LogP contribution in [0, 0.1) is 17.1 Å². The number of hydrogen-bond acceptors (Lipinski definition) is 3. The Bertz CT molecular complexity index is 629. The quantitative estimate of drug-likeness (QED) is 0.926. The standard InChI is InChI=1S/C16H16FN3/c1-2-20(15-6-4-14(17)5-7-15)16-8-3-12(10-18)9-13(16)11-19/h3-9H,2,10,18H2,1H3. The molecule has 0 bridgehead atoms. The summed E-state index contributed by atoms with van der Waals surface area (Å²) in [7, 11) is 0. The van der Waals surface area contributed by atoms with Gasteiger partial charge in [0, 0.05) is 18.8 Å². The summed E-state index contributed by atoms with van der Waals surface area (Å²) in [6, 6.07) is 14.0. The molecule has 0 fully saturated rings. The fourth-order valence-electron chi connectivity index (χ4n) is 2.15. The van der Waals surface area contributed by atoms with Crippen LogP contribution in [-0.4, -0.2) is 6.54 Å². The van der Waals surface area contributed by atoms with Crippen LogP contribution in [0.5, 0.6) is 0 Å². The van der Waals surface area contributed by atoms with Crippen LogP contribution in [0.4, 0.5) is 15.8 Å². The van der Waals surface area contributed by atoms with E-state index < -0.39 is 0 Å². The molecule has 0 unspecified atom stereocenters. The molecule has 2 N–H and O–H groups in total. The Morgan fingerprint density at radius 3 is 2.45 bits per heavy atom. The minimum absolute atomic E-state index is 0.274. The first-order valence-corrected chi connectivity index (χ1v) is 6.45. The normalized spacial score (nSPS) is 10.1. The molecule has 0 aliphatic carbocycles. The monoisotopic (exact) mass is 269 g/mol. The molecule has 0 atom stereocenters. The molecule has 2 aromatic rings. The maximum atomic E-state index is 13.0. The van der Waals surface area contributed by atoms with Crippen LogP contribution in [0.1, 0.15) is 18.1 Å². The number of rotatable bonds is 4. The predicted octanol–water partition coefficient (Wildman–Crippen LogP) is 3.31. The van der Waals surface area contributed by atoms with Gasteiger partial charge in [-0.15, -0.1) is 0 Å². The fraction of sp³-hybridized carbons (Fsp3) is 0.188. The van der Waals surface area contributed by atoms with Gasteiger partial charge in [-0.2, -0.15) is 5.26 Å². The summed E-state index contributed by atoms with van der Waals surface area (Å²) in [6.07, 6.45) is 0. The molecule has 4 heteroatoms. The molecule has 20 heavy (non-hydrogen) atoms. The molecule has 0 saturated carbocycles. The van der Waals surface area contributed by atoms with E-state index in [1.165, 1.54) is 12.1 Å². The molecule has 2 rings (SSSR count). The summed E-state index contributed by atoms with van der Waals surface area (Å²) >= 11 is 0. The zero-order valence-electron chi connectivity index (χ0n) is 11.3. The van der Waals surface area contributed by atoms with Crippen molar-refractivity contribution in [1.82, 2.24) is 0 Å². The van der Waals surface area contributed by atoms with Crippen molar-refractivity contribution in [2.45, 2.75) is 13.5 Å². The maximum absolute atomic E-state index is 13.0. The highest BCUT2D eigenvalue weighted by Gasteiger charge is 2.12. The van der Waals surface area contributed by atoms with E-state index in [-0.39, 0.29) is 5.82 Å². The van der Waals surface area contributed by atoms with Gasteiger partial charge in [0.05, 0.1) is 11.3 Å². The predicted molar refractivity (Wildman–Crippen MR) is 78.1 cm³/mol. The molecule has 102 valence electrons. The van der Waals surface area contributed by atoms with Gasteiger partial charge in [0.15, 0.2) is 0 Å². The number of nitrogens with two attached hydrogens (primary N) is 1. The topological polar surface area (TPSA) is 53.0 Å². The first-order chi connectivity index (χ1) is 9.69. The molecule has 0 amide bonds. The molecule has 0 aliphatic heterocycles. The highest BCUT2D eigenvalue weighted by atomic mass is 19.1. The van der Waals surface area contributed by atoms with Crippen LogP contribution in [0.2, 0.25) is 0 Å². The van der Waals surface area contributed by atoms with Gasteiger partial charge < -0.3 is 10.6 Å². The van der Waals surface area contributed by atoms with Gasteiger partial charge in [0.1, 0.15) is 11.9 Å². The number of anilines is 2. The summed E-state index contributed by atoms with van der Waals surface area (Å²) in [5, 5.41) is 9.30. The van der Waals surface area contributed by atoms with Crippen molar-refractivity contribution in [2.24, 2.45) is 5.73 Å². The molecule has 0 spiro atoms. The van der Waals surface area contributed by atoms with Crippen molar-refractivity contribution in [3.8, 4) is 6.07 Å². The summed E-state index contributed by atoms with van der Waals surface area (Å²) in [6.45, 7) is 3.07. The average Bonchev–Trinajstić information content (AvgIpc) is 2.50. The van der Waals surface area contributed by atoms with E-state index in [0.717, 1.165) is 16.9 Å². The first kappa shape index (κ1) is 14.0. The van der Waals surface area contributed by atoms with E-state index >= 15 is 0 Å². The second kappa shape index (κ2) is 6.18.